The Bertz CT molecular complexity index is 669. The van der Waals surface area contributed by atoms with Crippen molar-refractivity contribution in [2.24, 2.45) is 0 Å². The maximum atomic E-state index is 5.42. The summed E-state index contributed by atoms with van der Waals surface area (Å²) in [7, 11) is 0. The summed E-state index contributed by atoms with van der Waals surface area (Å²) < 4.78 is 0. The topological polar surface area (TPSA) is 67.6 Å². The van der Waals surface area contributed by atoms with E-state index in [1.54, 1.807) is 0 Å². The van der Waals surface area contributed by atoms with Gasteiger partial charge in [-0.25, -0.2) is 9.97 Å². The van der Waals surface area contributed by atoms with E-state index in [9.17, 15) is 0 Å². The number of nitrogens with one attached hydrogen (secondary N) is 1. The zero-order valence-electron chi connectivity index (χ0n) is 14.1. The zero-order valence-corrected chi connectivity index (χ0v) is 14.1. The second-order valence-electron chi connectivity index (χ2n) is 5.04. The molecule has 0 saturated heterocycles. The first-order valence-corrected chi connectivity index (χ1v) is 7.68. The number of fused-ring (bicyclic) bond motifs is 1. The molecule has 0 unspecified atom stereocenters. The normalized spacial score (nSPS) is 9.73. The lowest BCUT2D eigenvalue weighted by Gasteiger charge is -2.02. The molecule has 0 fully saturated rings. The molecule has 22 heavy (non-hydrogen) atoms. The maximum absolute atomic E-state index is 5.42. The fourth-order valence-electron chi connectivity index (χ4n) is 1.86. The van der Waals surface area contributed by atoms with E-state index in [-0.39, 0.29) is 0 Å². The molecule has 118 valence electrons. The first-order valence-electron chi connectivity index (χ1n) is 7.68. The molecular formula is C18H26N4. The Balaban J connectivity index is 0.000000198. The van der Waals surface area contributed by atoms with Gasteiger partial charge in [0.05, 0.1) is 0 Å². The Morgan fingerprint density at radius 2 is 1.77 bits per heavy atom. The lowest BCUT2D eigenvalue weighted by Crippen LogP contribution is -1.92. The first-order chi connectivity index (χ1) is 10.6. The van der Waals surface area contributed by atoms with Crippen LogP contribution in [0.15, 0.2) is 42.9 Å². The maximum Gasteiger partial charge on any atom is 0.137 e. The van der Waals surface area contributed by atoms with Gasteiger partial charge in [0, 0.05) is 24.0 Å². The fourth-order valence-corrected chi connectivity index (χ4v) is 1.86. The van der Waals surface area contributed by atoms with Crippen LogP contribution >= 0.6 is 0 Å². The van der Waals surface area contributed by atoms with E-state index >= 15 is 0 Å². The Labute approximate surface area is 132 Å². The number of aromatic nitrogens is 3. The van der Waals surface area contributed by atoms with E-state index in [2.05, 4.69) is 35.7 Å². The van der Waals surface area contributed by atoms with Crippen LogP contribution in [0.5, 0.6) is 0 Å². The van der Waals surface area contributed by atoms with Crippen LogP contribution in [0.25, 0.3) is 11.0 Å². The number of H-pyrrole nitrogens is 1. The molecule has 0 amide bonds. The molecule has 0 aliphatic carbocycles. The van der Waals surface area contributed by atoms with Crippen molar-refractivity contribution in [2.75, 3.05) is 5.73 Å². The quantitative estimate of drug-likeness (QED) is 0.685. The predicted octanol–water partition coefficient (Wildman–Crippen LogP) is 4.68. The number of aryl methyl sites for hydroxylation is 1. The minimum atomic E-state index is 0.535. The van der Waals surface area contributed by atoms with Gasteiger partial charge in [-0.15, -0.1) is 0 Å². The molecule has 0 aliphatic heterocycles. The summed E-state index contributed by atoms with van der Waals surface area (Å²) in [5, 5.41) is 1.21. The van der Waals surface area contributed by atoms with Crippen LogP contribution in [-0.4, -0.2) is 15.0 Å². The molecule has 0 aliphatic rings. The third-order valence-electron chi connectivity index (χ3n) is 3.15. The lowest BCUT2D eigenvalue weighted by molar-refractivity contribution is 0.859. The van der Waals surface area contributed by atoms with Gasteiger partial charge in [-0.1, -0.05) is 33.8 Å². The van der Waals surface area contributed by atoms with Crippen LogP contribution in [0.4, 0.5) is 5.82 Å². The molecule has 0 bridgehead atoms. The highest BCUT2D eigenvalue weighted by molar-refractivity contribution is 5.78. The molecule has 3 aromatic heterocycles. The van der Waals surface area contributed by atoms with Crippen LogP contribution < -0.4 is 5.73 Å². The summed E-state index contributed by atoms with van der Waals surface area (Å²) in [6, 6.07) is 7.89. The van der Waals surface area contributed by atoms with Crippen molar-refractivity contribution in [1.29, 1.82) is 0 Å². The number of nitrogen functional groups attached to an aromatic ring is 1. The number of pyridine rings is 2. The van der Waals surface area contributed by atoms with Gasteiger partial charge in [0.25, 0.3) is 0 Å². The molecule has 0 atom stereocenters. The summed E-state index contributed by atoms with van der Waals surface area (Å²) in [5.41, 5.74) is 8.89. The highest BCUT2D eigenvalue weighted by Gasteiger charge is 1.97. The Hall–Kier alpha value is -2.36. The summed E-state index contributed by atoms with van der Waals surface area (Å²) in [6.07, 6.45) is 5.54. The first kappa shape index (κ1) is 17.7. The second kappa shape index (κ2) is 8.82. The van der Waals surface area contributed by atoms with Crippen LogP contribution in [0.1, 0.15) is 44.7 Å². The van der Waals surface area contributed by atoms with E-state index in [0.717, 1.165) is 5.65 Å². The molecule has 3 rings (SSSR count). The van der Waals surface area contributed by atoms with Crippen LogP contribution in [-0.2, 0) is 0 Å². The largest absolute Gasteiger partial charge is 0.384 e. The van der Waals surface area contributed by atoms with Crippen LogP contribution in [0, 0.1) is 6.92 Å². The fraction of sp³-hybridized carbons (Fsp3) is 0.333. The second-order valence-corrected chi connectivity index (χ2v) is 5.04. The third kappa shape index (κ3) is 4.88. The standard InChI is InChI=1S/C8H8N2.C8H12N2.C2H6/c1-6-2-4-9-8-7(6)3-5-10-8;1-6(2)7-3-4-8(9)10-5-7;1-2/h2-5H,1H3,(H,9,10);3-6H,1-2H3,(H2,9,10);1-2H3. The number of hydrogen-bond acceptors (Lipinski definition) is 3. The van der Waals surface area contributed by atoms with Gasteiger partial charge in [0.1, 0.15) is 11.5 Å². The molecular weight excluding hydrogens is 272 g/mol. The Morgan fingerprint density at radius 1 is 1.05 bits per heavy atom. The minimum absolute atomic E-state index is 0.535. The summed E-state index contributed by atoms with van der Waals surface area (Å²) in [5.74, 6) is 1.12. The minimum Gasteiger partial charge on any atom is -0.384 e. The van der Waals surface area contributed by atoms with Crippen molar-refractivity contribution in [1.82, 2.24) is 15.0 Å². The number of nitrogens with two attached hydrogens (primary N) is 1. The van der Waals surface area contributed by atoms with Crippen molar-refractivity contribution in [3.8, 4) is 0 Å². The zero-order chi connectivity index (χ0) is 16.5. The third-order valence-corrected chi connectivity index (χ3v) is 3.15. The van der Waals surface area contributed by atoms with Gasteiger partial charge in [0.2, 0.25) is 0 Å². The number of nitrogens with zero attached hydrogens (tertiary/aromatic N) is 2. The SMILES string of the molecule is CC.CC(C)c1ccc(N)nc1.Cc1ccnc2[nH]ccc12. The van der Waals surface area contributed by atoms with Gasteiger partial charge < -0.3 is 10.7 Å². The van der Waals surface area contributed by atoms with E-state index in [4.69, 9.17) is 5.73 Å². The molecule has 3 aromatic rings. The van der Waals surface area contributed by atoms with Gasteiger partial charge in [0.15, 0.2) is 0 Å². The van der Waals surface area contributed by atoms with Gasteiger partial charge in [-0.3, -0.25) is 0 Å². The van der Waals surface area contributed by atoms with E-state index in [1.807, 2.05) is 56.7 Å². The summed E-state index contributed by atoms with van der Waals surface area (Å²) in [4.78, 5) is 11.2. The molecule has 4 heteroatoms. The molecule has 0 radical (unpaired) electrons. The summed E-state index contributed by atoms with van der Waals surface area (Å²) >= 11 is 0. The van der Waals surface area contributed by atoms with Crippen LogP contribution in [0.3, 0.4) is 0 Å². The van der Waals surface area contributed by atoms with Crippen molar-refractivity contribution in [3.63, 3.8) is 0 Å². The molecule has 0 aromatic carbocycles. The van der Waals surface area contributed by atoms with Crippen molar-refractivity contribution in [2.45, 2.75) is 40.5 Å². The highest BCUT2D eigenvalue weighted by atomic mass is 14.8. The average molecular weight is 298 g/mol. The van der Waals surface area contributed by atoms with Crippen molar-refractivity contribution < 1.29 is 0 Å². The smallest absolute Gasteiger partial charge is 0.137 e. The van der Waals surface area contributed by atoms with Crippen LogP contribution in [0.2, 0.25) is 0 Å². The van der Waals surface area contributed by atoms with Gasteiger partial charge >= 0.3 is 0 Å². The van der Waals surface area contributed by atoms with Gasteiger partial charge in [-0.2, -0.15) is 0 Å². The van der Waals surface area contributed by atoms with E-state index in [1.165, 1.54) is 16.5 Å². The summed E-state index contributed by atoms with van der Waals surface area (Å²) in [6.45, 7) is 10.3. The Kier molecular flexibility index (Phi) is 7.09. The molecule has 3 N–H and O–H groups in total. The number of anilines is 1. The molecule has 0 saturated carbocycles. The van der Waals surface area contributed by atoms with E-state index < -0.39 is 0 Å². The van der Waals surface area contributed by atoms with E-state index in [0.29, 0.717) is 11.7 Å². The molecule has 0 spiro atoms. The number of rotatable bonds is 1. The molecule has 4 nitrogen and oxygen atoms in total. The predicted molar refractivity (Wildman–Crippen MR) is 94.9 cm³/mol. The van der Waals surface area contributed by atoms with Gasteiger partial charge in [-0.05, 0) is 42.2 Å². The Morgan fingerprint density at radius 3 is 2.32 bits per heavy atom. The van der Waals surface area contributed by atoms with Crippen molar-refractivity contribution in [3.05, 3.63) is 54.0 Å². The van der Waals surface area contributed by atoms with Crippen molar-refractivity contribution >= 4 is 16.9 Å². The monoisotopic (exact) mass is 298 g/mol. The lowest BCUT2D eigenvalue weighted by atomic mass is 10.1. The molecule has 3 heterocycles. The average Bonchev–Trinajstić information content (AvgIpc) is 3.00. The highest BCUT2D eigenvalue weighted by Crippen LogP contribution is 2.13. The number of aromatic amines is 1. The number of hydrogen-bond donors (Lipinski definition) is 2.